The van der Waals surface area contributed by atoms with Crippen LogP contribution >= 0.6 is 0 Å². The number of halogens is 2. The molecule has 0 unspecified atom stereocenters. The molecule has 9 heteroatoms. The Bertz CT molecular complexity index is 1400. The number of carbonyl (C=O) groups excluding carboxylic acids is 2. The lowest BCUT2D eigenvalue weighted by molar-refractivity contribution is -0.158. The fourth-order valence-electron chi connectivity index (χ4n) is 4.63. The molecule has 0 atom stereocenters. The Morgan fingerprint density at radius 3 is 2.04 bits per heavy atom. The number of ether oxygens (including phenoxy) is 2. The zero-order valence-electron chi connectivity index (χ0n) is 28.8. The molecule has 0 radical (unpaired) electrons. The number of ketones is 1. The average Bonchev–Trinajstić information content (AvgIpc) is 3.29. The number of esters is 1. The predicted octanol–water partition coefficient (Wildman–Crippen LogP) is 8.40. The third-order valence-corrected chi connectivity index (χ3v) is 6.69. The van der Waals surface area contributed by atoms with E-state index in [1.165, 1.54) is 12.1 Å². The number of benzene rings is 2. The summed E-state index contributed by atoms with van der Waals surface area (Å²) in [7, 11) is 0. The van der Waals surface area contributed by atoms with Gasteiger partial charge in [-0.25, -0.2) is 18.6 Å². The van der Waals surface area contributed by atoms with Gasteiger partial charge in [0, 0.05) is 37.6 Å². The third-order valence-electron chi connectivity index (χ3n) is 6.69. The molecule has 0 amide bonds. The Hall–Kier alpha value is -3.59. The molecule has 0 aliphatic carbocycles. The smallest absolute Gasteiger partial charge is 0.349 e. The molecule has 248 valence electrons. The van der Waals surface area contributed by atoms with Crippen LogP contribution in [0.15, 0.2) is 40.8 Å². The molecule has 0 aliphatic rings. The van der Waals surface area contributed by atoms with Crippen LogP contribution in [0.2, 0.25) is 0 Å². The van der Waals surface area contributed by atoms with Crippen LogP contribution in [0.1, 0.15) is 89.1 Å². The third kappa shape index (κ3) is 11.7. The van der Waals surface area contributed by atoms with Gasteiger partial charge in [-0.3, -0.25) is 9.69 Å². The Balaban J connectivity index is 0.00000166. The van der Waals surface area contributed by atoms with Gasteiger partial charge in [-0.2, -0.15) is 0 Å². The van der Waals surface area contributed by atoms with E-state index >= 15 is 0 Å². The van der Waals surface area contributed by atoms with E-state index in [1.807, 2.05) is 37.8 Å². The second-order valence-electron chi connectivity index (χ2n) is 12.8. The summed E-state index contributed by atoms with van der Waals surface area (Å²) < 4.78 is 44.2. The summed E-state index contributed by atoms with van der Waals surface area (Å²) in [6, 6.07) is 9.91. The molecule has 0 fully saturated rings. The minimum absolute atomic E-state index is 0.0416. The van der Waals surface area contributed by atoms with E-state index < -0.39 is 17.5 Å². The van der Waals surface area contributed by atoms with Crippen molar-refractivity contribution in [2.45, 2.75) is 101 Å². The summed E-state index contributed by atoms with van der Waals surface area (Å²) in [6.45, 7) is 21.3. The second-order valence-corrected chi connectivity index (χ2v) is 12.8. The van der Waals surface area contributed by atoms with Crippen LogP contribution in [0, 0.1) is 26.7 Å². The van der Waals surface area contributed by atoms with Crippen molar-refractivity contribution in [1.29, 1.82) is 0 Å². The quantitative estimate of drug-likeness (QED) is 0.176. The van der Waals surface area contributed by atoms with Crippen molar-refractivity contribution in [3.8, 4) is 17.2 Å². The summed E-state index contributed by atoms with van der Waals surface area (Å²) in [6.07, 6.45) is 0.542. The van der Waals surface area contributed by atoms with Crippen LogP contribution in [-0.2, 0) is 33.2 Å². The van der Waals surface area contributed by atoms with Gasteiger partial charge < -0.3 is 13.9 Å². The fraction of sp³-hybridized carbons (Fsp3) is 0.528. The standard InChI is InChI=1S/C32H40F2N2O5.C4H10/c1-9-39-30(38)31(6,7)41-28-20(2)16-24(17-21(28)3)19-36(18-22(4)37)15-14-27-23(5)40-29(35-27)25-10-12-26(13-11-25)32(8,33)34;1-4(2)3/h10-13,16-17H,9,14-15,18-19H2,1-8H3;4H,1-3H3. The molecule has 1 heterocycles. The molecule has 0 saturated heterocycles. The molecule has 0 spiro atoms. The van der Waals surface area contributed by atoms with Crippen molar-refractivity contribution in [2.24, 2.45) is 5.92 Å². The van der Waals surface area contributed by atoms with E-state index in [-0.39, 0.29) is 24.5 Å². The first kappa shape index (κ1) is 37.6. The van der Waals surface area contributed by atoms with E-state index in [0.717, 1.165) is 35.2 Å². The number of oxazole rings is 1. The maximum atomic E-state index is 13.6. The van der Waals surface area contributed by atoms with Crippen LogP contribution in [0.3, 0.4) is 0 Å². The Morgan fingerprint density at radius 2 is 1.56 bits per heavy atom. The van der Waals surface area contributed by atoms with Gasteiger partial charge >= 0.3 is 5.97 Å². The van der Waals surface area contributed by atoms with Crippen molar-refractivity contribution in [2.75, 3.05) is 19.7 Å². The molecule has 0 aliphatic heterocycles. The van der Waals surface area contributed by atoms with Crippen LogP contribution in [0.4, 0.5) is 8.78 Å². The molecular formula is C36H50F2N2O5. The van der Waals surface area contributed by atoms with Crippen molar-refractivity contribution in [1.82, 2.24) is 9.88 Å². The number of hydrogen-bond acceptors (Lipinski definition) is 7. The SMILES string of the molecule is CC(C)C.CCOC(=O)C(C)(C)Oc1c(C)cc(CN(CCc2nc(-c3ccc(C(C)(F)F)cc3)oc2C)CC(C)=O)cc1C. The molecule has 0 bridgehead atoms. The predicted molar refractivity (Wildman–Crippen MR) is 174 cm³/mol. The van der Waals surface area contributed by atoms with Crippen molar-refractivity contribution in [3.05, 3.63) is 70.1 Å². The molecule has 1 aromatic heterocycles. The normalized spacial score (nSPS) is 11.8. The number of Topliss-reactive ketones (excluding diaryl/α,β-unsaturated/α-hetero) is 1. The highest BCUT2D eigenvalue weighted by atomic mass is 19.3. The zero-order chi connectivity index (χ0) is 34.1. The monoisotopic (exact) mass is 628 g/mol. The summed E-state index contributed by atoms with van der Waals surface area (Å²) in [5, 5.41) is 0. The number of nitrogens with zero attached hydrogens (tertiary/aromatic N) is 2. The molecule has 7 nitrogen and oxygen atoms in total. The lowest BCUT2D eigenvalue weighted by atomic mass is 10.0. The summed E-state index contributed by atoms with van der Waals surface area (Å²) in [5.74, 6) is -0.827. The molecule has 0 N–H and O–H groups in total. The Labute approximate surface area is 267 Å². The van der Waals surface area contributed by atoms with E-state index in [4.69, 9.17) is 13.9 Å². The lowest BCUT2D eigenvalue weighted by Crippen LogP contribution is -2.40. The Morgan fingerprint density at radius 1 is 1.00 bits per heavy atom. The second kappa shape index (κ2) is 16.1. The number of carbonyl (C=O) groups is 2. The van der Waals surface area contributed by atoms with Crippen LogP contribution in [0.25, 0.3) is 11.5 Å². The molecular weight excluding hydrogens is 578 g/mol. The first-order valence-electron chi connectivity index (χ1n) is 15.5. The van der Waals surface area contributed by atoms with Gasteiger partial charge in [0.15, 0.2) is 5.60 Å². The molecule has 3 rings (SSSR count). The zero-order valence-corrected chi connectivity index (χ0v) is 28.8. The number of alkyl halides is 2. The van der Waals surface area contributed by atoms with Crippen molar-refractivity contribution < 1.29 is 32.3 Å². The summed E-state index contributed by atoms with van der Waals surface area (Å²) >= 11 is 0. The van der Waals surface area contributed by atoms with Gasteiger partial charge in [0.2, 0.25) is 5.89 Å². The first-order valence-corrected chi connectivity index (χ1v) is 15.5. The number of aromatic nitrogens is 1. The molecule has 3 aromatic rings. The largest absolute Gasteiger partial charge is 0.476 e. The molecule has 0 saturated carbocycles. The van der Waals surface area contributed by atoms with Crippen LogP contribution < -0.4 is 4.74 Å². The highest BCUT2D eigenvalue weighted by molar-refractivity contribution is 5.79. The number of rotatable bonds is 13. The minimum atomic E-state index is -2.92. The van der Waals surface area contributed by atoms with Gasteiger partial charge in [0.1, 0.15) is 17.3 Å². The van der Waals surface area contributed by atoms with Crippen LogP contribution in [0.5, 0.6) is 5.75 Å². The van der Waals surface area contributed by atoms with E-state index in [0.29, 0.717) is 42.5 Å². The molecule has 45 heavy (non-hydrogen) atoms. The number of aryl methyl sites for hydroxylation is 3. The van der Waals surface area contributed by atoms with E-state index in [1.54, 1.807) is 39.8 Å². The van der Waals surface area contributed by atoms with Crippen molar-refractivity contribution in [3.63, 3.8) is 0 Å². The highest BCUT2D eigenvalue weighted by Crippen LogP contribution is 2.31. The summed E-state index contributed by atoms with van der Waals surface area (Å²) in [4.78, 5) is 31.1. The minimum Gasteiger partial charge on any atom is -0.476 e. The highest BCUT2D eigenvalue weighted by Gasteiger charge is 2.32. The molecule has 2 aromatic carbocycles. The average molecular weight is 629 g/mol. The summed E-state index contributed by atoms with van der Waals surface area (Å²) in [5.41, 5.74) is 2.92. The number of hydrogen-bond donors (Lipinski definition) is 0. The topological polar surface area (TPSA) is 81.9 Å². The van der Waals surface area contributed by atoms with E-state index in [2.05, 4.69) is 25.8 Å². The van der Waals surface area contributed by atoms with Crippen molar-refractivity contribution >= 4 is 11.8 Å². The maximum Gasteiger partial charge on any atom is 0.349 e. The van der Waals surface area contributed by atoms with Gasteiger partial charge in [0.25, 0.3) is 5.92 Å². The van der Waals surface area contributed by atoms with E-state index in [9.17, 15) is 18.4 Å². The van der Waals surface area contributed by atoms with Gasteiger partial charge in [-0.15, -0.1) is 0 Å². The Kier molecular flexibility index (Phi) is 13.5. The van der Waals surface area contributed by atoms with Crippen LogP contribution in [-0.4, -0.2) is 46.9 Å². The fourth-order valence-corrected chi connectivity index (χ4v) is 4.63. The van der Waals surface area contributed by atoms with Gasteiger partial charge in [0.05, 0.1) is 18.8 Å². The van der Waals surface area contributed by atoms with Gasteiger partial charge in [-0.05, 0) is 83.2 Å². The maximum absolute atomic E-state index is 13.6. The first-order chi connectivity index (χ1) is 20.8. The van der Waals surface area contributed by atoms with Gasteiger partial charge in [-0.1, -0.05) is 45.0 Å². The lowest BCUT2D eigenvalue weighted by Gasteiger charge is -2.27.